The third kappa shape index (κ3) is 1.50. The van der Waals surface area contributed by atoms with Gasteiger partial charge in [0.25, 0.3) is 0 Å². The van der Waals surface area contributed by atoms with Crippen molar-refractivity contribution in [3.63, 3.8) is 0 Å². The standard InChI is InChI=1S/C14H13N/c1-2-5-13-10-14-12(6-3-9-15-14)8-7-11(13)4-1/h1-6,9-10,15H,7-8H2. The molecule has 0 radical (unpaired) electrons. The number of hydrogen-bond donors (Lipinski definition) is 1. The number of nitrogens with one attached hydrogen (secondary N) is 1. The SMILES string of the molecule is C1=CNC2=Cc3ccccc3CCC2=C1. The fourth-order valence-electron chi connectivity index (χ4n) is 2.16. The van der Waals surface area contributed by atoms with Gasteiger partial charge in [-0.3, -0.25) is 0 Å². The second-order valence-corrected chi connectivity index (χ2v) is 3.95. The number of benzene rings is 1. The first-order chi connectivity index (χ1) is 7.43. The van der Waals surface area contributed by atoms with Crippen LogP contribution in [-0.4, -0.2) is 0 Å². The molecule has 1 nitrogen and oxygen atoms in total. The largest absolute Gasteiger partial charge is 0.361 e. The molecule has 0 spiro atoms. The van der Waals surface area contributed by atoms with Crippen molar-refractivity contribution < 1.29 is 0 Å². The molecule has 1 aliphatic carbocycles. The lowest BCUT2D eigenvalue weighted by molar-refractivity contribution is 0.919. The highest BCUT2D eigenvalue weighted by atomic mass is 14.9. The molecule has 0 amide bonds. The third-order valence-electron chi connectivity index (χ3n) is 3.00. The van der Waals surface area contributed by atoms with Gasteiger partial charge in [-0.15, -0.1) is 0 Å². The quantitative estimate of drug-likeness (QED) is 0.671. The monoisotopic (exact) mass is 195 g/mol. The third-order valence-corrected chi connectivity index (χ3v) is 3.00. The highest BCUT2D eigenvalue weighted by molar-refractivity contribution is 5.63. The molecule has 1 aromatic rings. The molecule has 1 aromatic carbocycles. The molecule has 0 atom stereocenters. The molecular weight excluding hydrogens is 182 g/mol. The fraction of sp³-hybridized carbons (Fsp3) is 0.143. The van der Waals surface area contributed by atoms with Gasteiger partial charge in [-0.05, 0) is 41.7 Å². The van der Waals surface area contributed by atoms with Crippen LogP contribution in [0.3, 0.4) is 0 Å². The zero-order valence-electron chi connectivity index (χ0n) is 8.53. The van der Waals surface area contributed by atoms with E-state index in [1.165, 1.54) is 22.4 Å². The van der Waals surface area contributed by atoms with E-state index >= 15 is 0 Å². The summed E-state index contributed by atoms with van der Waals surface area (Å²) >= 11 is 0. The maximum Gasteiger partial charge on any atom is 0.0418 e. The first-order valence-electron chi connectivity index (χ1n) is 5.36. The zero-order valence-corrected chi connectivity index (χ0v) is 8.53. The Morgan fingerprint density at radius 3 is 3.00 bits per heavy atom. The van der Waals surface area contributed by atoms with Gasteiger partial charge in [0.2, 0.25) is 0 Å². The van der Waals surface area contributed by atoms with Gasteiger partial charge in [-0.2, -0.15) is 0 Å². The predicted molar refractivity (Wildman–Crippen MR) is 63.1 cm³/mol. The van der Waals surface area contributed by atoms with Crippen molar-refractivity contribution in [1.29, 1.82) is 0 Å². The summed E-state index contributed by atoms with van der Waals surface area (Å²) in [6.45, 7) is 0. The lowest BCUT2D eigenvalue weighted by Crippen LogP contribution is -2.09. The summed E-state index contributed by atoms with van der Waals surface area (Å²) in [6, 6.07) is 8.62. The van der Waals surface area contributed by atoms with E-state index in [-0.39, 0.29) is 0 Å². The van der Waals surface area contributed by atoms with Crippen LogP contribution in [0.1, 0.15) is 17.5 Å². The van der Waals surface area contributed by atoms with Crippen molar-refractivity contribution in [2.24, 2.45) is 0 Å². The number of hydrogen-bond acceptors (Lipinski definition) is 1. The molecule has 0 saturated carbocycles. The van der Waals surface area contributed by atoms with Crippen LogP contribution in [0.2, 0.25) is 0 Å². The van der Waals surface area contributed by atoms with E-state index in [9.17, 15) is 0 Å². The van der Waals surface area contributed by atoms with Crippen LogP contribution in [0.15, 0.2) is 53.9 Å². The summed E-state index contributed by atoms with van der Waals surface area (Å²) in [7, 11) is 0. The Bertz CT molecular complexity index is 478. The summed E-state index contributed by atoms with van der Waals surface area (Å²) in [5.41, 5.74) is 5.46. The van der Waals surface area contributed by atoms with Gasteiger partial charge in [0.1, 0.15) is 0 Å². The van der Waals surface area contributed by atoms with Crippen molar-refractivity contribution in [2.45, 2.75) is 12.8 Å². The first-order valence-corrected chi connectivity index (χ1v) is 5.36. The molecule has 0 bridgehead atoms. The summed E-state index contributed by atoms with van der Waals surface area (Å²) in [6.07, 6.45) is 10.8. The summed E-state index contributed by atoms with van der Waals surface area (Å²) in [5, 5.41) is 3.31. The minimum Gasteiger partial charge on any atom is -0.361 e. The van der Waals surface area contributed by atoms with Gasteiger partial charge in [-0.25, -0.2) is 0 Å². The Morgan fingerprint density at radius 1 is 1.07 bits per heavy atom. The maximum atomic E-state index is 3.31. The number of aryl methyl sites for hydroxylation is 1. The van der Waals surface area contributed by atoms with Crippen molar-refractivity contribution in [2.75, 3.05) is 0 Å². The van der Waals surface area contributed by atoms with Crippen LogP contribution >= 0.6 is 0 Å². The molecule has 1 N–H and O–H groups in total. The van der Waals surface area contributed by atoms with Crippen LogP contribution < -0.4 is 5.32 Å². The zero-order chi connectivity index (χ0) is 10.1. The van der Waals surface area contributed by atoms with E-state index in [0.717, 1.165) is 12.8 Å². The highest BCUT2D eigenvalue weighted by Crippen LogP contribution is 2.26. The second-order valence-electron chi connectivity index (χ2n) is 3.95. The van der Waals surface area contributed by atoms with Gasteiger partial charge < -0.3 is 5.32 Å². The topological polar surface area (TPSA) is 12.0 Å². The molecule has 1 heteroatoms. The predicted octanol–water partition coefficient (Wildman–Crippen LogP) is 3.02. The molecular formula is C14H13N. The summed E-state index contributed by atoms with van der Waals surface area (Å²) < 4.78 is 0. The Hall–Kier alpha value is -1.76. The minimum atomic E-state index is 1.13. The Morgan fingerprint density at radius 2 is 2.00 bits per heavy atom. The molecule has 0 fully saturated rings. The Labute approximate surface area is 89.8 Å². The normalized spacial score (nSPS) is 17.9. The summed E-state index contributed by atoms with van der Waals surface area (Å²) in [4.78, 5) is 0. The van der Waals surface area contributed by atoms with Gasteiger partial charge in [0.05, 0.1) is 0 Å². The average Bonchev–Trinajstić information content (AvgIpc) is 2.48. The number of allylic oxidation sites excluding steroid dienone is 3. The molecule has 74 valence electrons. The first kappa shape index (κ1) is 8.54. The molecule has 0 unspecified atom stereocenters. The second kappa shape index (κ2) is 3.43. The van der Waals surface area contributed by atoms with Gasteiger partial charge in [0, 0.05) is 11.9 Å². The average molecular weight is 195 g/mol. The van der Waals surface area contributed by atoms with E-state index in [0.29, 0.717) is 0 Å². The van der Waals surface area contributed by atoms with Crippen LogP contribution in [0.25, 0.3) is 6.08 Å². The van der Waals surface area contributed by atoms with E-state index < -0.39 is 0 Å². The lowest BCUT2D eigenvalue weighted by atomic mass is 10.0. The summed E-state index contributed by atoms with van der Waals surface area (Å²) in [5.74, 6) is 0. The maximum absolute atomic E-state index is 3.31. The van der Waals surface area contributed by atoms with E-state index in [1.807, 2.05) is 6.20 Å². The van der Waals surface area contributed by atoms with Crippen molar-refractivity contribution >= 4 is 6.08 Å². The van der Waals surface area contributed by atoms with Crippen molar-refractivity contribution in [3.05, 3.63) is 65.0 Å². The number of rotatable bonds is 0. The van der Waals surface area contributed by atoms with Crippen molar-refractivity contribution in [3.8, 4) is 0 Å². The van der Waals surface area contributed by atoms with Crippen molar-refractivity contribution in [1.82, 2.24) is 5.32 Å². The number of dihydropyridines is 1. The molecule has 0 aromatic heterocycles. The fourth-order valence-corrected chi connectivity index (χ4v) is 2.16. The molecule has 2 aliphatic rings. The molecule has 1 heterocycles. The molecule has 1 aliphatic heterocycles. The lowest BCUT2D eigenvalue weighted by Gasteiger charge is -2.12. The smallest absolute Gasteiger partial charge is 0.0418 e. The van der Waals surface area contributed by atoms with E-state index in [2.05, 4.69) is 47.8 Å². The molecule has 15 heavy (non-hydrogen) atoms. The van der Waals surface area contributed by atoms with Crippen LogP contribution in [-0.2, 0) is 6.42 Å². The Balaban J connectivity index is 2.11. The highest BCUT2D eigenvalue weighted by Gasteiger charge is 2.12. The molecule has 0 saturated heterocycles. The van der Waals surface area contributed by atoms with Gasteiger partial charge in [-0.1, -0.05) is 30.3 Å². The van der Waals surface area contributed by atoms with E-state index in [4.69, 9.17) is 0 Å². The van der Waals surface area contributed by atoms with Gasteiger partial charge >= 0.3 is 0 Å². The van der Waals surface area contributed by atoms with Gasteiger partial charge in [0.15, 0.2) is 0 Å². The van der Waals surface area contributed by atoms with E-state index in [1.54, 1.807) is 0 Å². The van der Waals surface area contributed by atoms with Crippen LogP contribution in [0, 0.1) is 0 Å². The number of fused-ring (bicyclic) bond motifs is 2. The molecule has 3 rings (SSSR count). The minimum absolute atomic E-state index is 1.13. The van der Waals surface area contributed by atoms with Crippen LogP contribution in [0.5, 0.6) is 0 Å². The Kier molecular flexibility index (Phi) is 1.95. The van der Waals surface area contributed by atoms with Crippen LogP contribution in [0.4, 0.5) is 0 Å².